The Balaban J connectivity index is 0.00000144. The molecule has 0 saturated carbocycles. The molecule has 0 radical (unpaired) electrons. The predicted molar refractivity (Wildman–Crippen MR) is 51.6 cm³/mol. The second-order valence-electron chi connectivity index (χ2n) is 2.13. The zero-order valence-corrected chi connectivity index (χ0v) is 8.26. The minimum atomic E-state index is 0. The van der Waals surface area contributed by atoms with E-state index in [1.165, 1.54) is 0 Å². The molecule has 0 saturated heterocycles. The molecule has 0 aliphatic rings. The molecule has 0 heterocycles. The summed E-state index contributed by atoms with van der Waals surface area (Å²) < 4.78 is 10.0. The Bertz CT molecular complexity index is 268. The summed E-state index contributed by atoms with van der Waals surface area (Å²) in [6.07, 6.45) is 0. The molecule has 1 rings (SSSR count). The quantitative estimate of drug-likeness (QED) is 0.758. The van der Waals surface area contributed by atoms with Crippen LogP contribution in [0.25, 0.3) is 0 Å². The van der Waals surface area contributed by atoms with Crippen LogP contribution < -0.4 is 20.2 Å². The summed E-state index contributed by atoms with van der Waals surface area (Å²) in [6, 6.07) is 5.07. The van der Waals surface area contributed by atoms with Gasteiger partial charge in [-0.3, -0.25) is 0 Å². The molecule has 0 aliphatic carbocycles. The fourth-order valence-electron chi connectivity index (χ4n) is 0.890. The summed E-state index contributed by atoms with van der Waals surface area (Å²) in [4.78, 5) is 4.52. The van der Waals surface area contributed by atoms with E-state index in [1.807, 2.05) is 0 Å². The Hall–Kier alpha value is -1.13. The van der Waals surface area contributed by atoms with E-state index < -0.39 is 0 Å². The molecule has 0 amide bonds. The minimum Gasteiger partial charge on any atom is -0.493 e. The van der Waals surface area contributed by atoms with Gasteiger partial charge in [0, 0.05) is 6.07 Å². The molecule has 4 nitrogen and oxygen atoms in total. The van der Waals surface area contributed by atoms with Gasteiger partial charge in [-0.2, -0.15) is 5.90 Å². The van der Waals surface area contributed by atoms with Gasteiger partial charge in [-0.15, -0.1) is 12.4 Å². The lowest BCUT2D eigenvalue weighted by Gasteiger charge is -2.07. The fourth-order valence-corrected chi connectivity index (χ4v) is 0.890. The number of ether oxygens (including phenoxy) is 2. The summed E-state index contributed by atoms with van der Waals surface area (Å²) in [5, 5.41) is 0. The molecule has 74 valence electrons. The highest BCUT2D eigenvalue weighted by Crippen LogP contribution is 2.30. The van der Waals surface area contributed by atoms with Crippen LogP contribution in [0.1, 0.15) is 0 Å². The van der Waals surface area contributed by atoms with Crippen LogP contribution in [-0.2, 0) is 0 Å². The van der Waals surface area contributed by atoms with Crippen molar-refractivity contribution in [2.24, 2.45) is 5.90 Å². The molecule has 13 heavy (non-hydrogen) atoms. The first-order chi connectivity index (χ1) is 5.81. The lowest BCUT2D eigenvalue weighted by atomic mass is 10.3. The summed E-state index contributed by atoms with van der Waals surface area (Å²) in [5.41, 5.74) is 0. The van der Waals surface area contributed by atoms with E-state index in [0.717, 1.165) is 0 Å². The second-order valence-corrected chi connectivity index (χ2v) is 2.13. The van der Waals surface area contributed by atoms with Crippen molar-refractivity contribution in [2.45, 2.75) is 0 Å². The average Bonchev–Trinajstić information content (AvgIpc) is 2.16. The molecule has 1 aromatic rings. The van der Waals surface area contributed by atoms with Crippen molar-refractivity contribution in [3.8, 4) is 17.2 Å². The van der Waals surface area contributed by atoms with E-state index >= 15 is 0 Å². The molecule has 0 unspecified atom stereocenters. The molecule has 0 bridgehead atoms. The number of halogens is 1. The standard InChI is InChI=1S/C8H11NO3.ClH/c1-10-7-4-3-6(12-9)5-8(7)11-2;/h3-5H,9H2,1-2H3;1H. The number of methoxy groups -OCH3 is 2. The maximum atomic E-state index is 5.02. The van der Waals surface area contributed by atoms with Crippen molar-refractivity contribution >= 4 is 12.4 Å². The highest BCUT2D eigenvalue weighted by molar-refractivity contribution is 5.85. The monoisotopic (exact) mass is 205 g/mol. The molecule has 2 N–H and O–H groups in total. The fraction of sp³-hybridized carbons (Fsp3) is 0.250. The van der Waals surface area contributed by atoms with E-state index in [4.69, 9.17) is 15.4 Å². The maximum absolute atomic E-state index is 5.02. The smallest absolute Gasteiger partial charge is 0.164 e. The molecule has 0 atom stereocenters. The third-order valence-electron chi connectivity index (χ3n) is 1.49. The van der Waals surface area contributed by atoms with Gasteiger partial charge in [-0.05, 0) is 12.1 Å². The van der Waals surface area contributed by atoms with Crippen molar-refractivity contribution in [3.05, 3.63) is 18.2 Å². The lowest BCUT2D eigenvalue weighted by molar-refractivity contribution is 0.323. The van der Waals surface area contributed by atoms with E-state index in [-0.39, 0.29) is 12.4 Å². The summed E-state index contributed by atoms with van der Waals surface area (Å²) in [7, 11) is 3.12. The molecule has 5 heteroatoms. The van der Waals surface area contributed by atoms with Crippen LogP contribution in [-0.4, -0.2) is 14.2 Å². The van der Waals surface area contributed by atoms with E-state index in [2.05, 4.69) is 4.84 Å². The van der Waals surface area contributed by atoms with Gasteiger partial charge in [0.25, 0.3) is 0 Å². The second kappa shape index (κ2) is 5.50. The summed E-state index contributed by atoms with van der Waals surface area (Å²) >= 11 is 0. The molecule has 0 spiro atoms. The van der Waals surface area contributed by atoms with Crippen molar-refractivity contribution in [1.82, 2.24) is 0 Å². The summed E-state index contributed by atoms with van der Waals surface area (Å²) in [5.74, 6) is 6.75. The Kier molecular flexibility index (Phi) is 5.03. The number of hydrogen-bond acceptors (Lipinski definition) is 4. The Morgan fingerprint density at radius 3 is 2.15 bits per heavy atom. The average molecular weight is 206 g/mol. The van der Waals surface area contributed by atoms with Gasteiger partial charge in [-0.25, -0.2) is 0 Å². The van der Waals surface area contributed by atoms with Crippen LogP contribution >= 0.6 is 12.4 Å². The maximum Gasteiger partial charge on any atom is 0.164 e. The largest absolute Gasteiger partial charge is 0.493 e. The summed E-state index contributed by atoms with van der Waals surface area (Å²) in [6.45, 7) is 0. The van der Waals surface area contributed by atoms with Gasteiger partial charge in [0.1, 0.15) is 0 Å². The molecule has 0 aliphatic heterocycles. The van der Waals surface area contributed by atoms with E-state index in [0.29, 0.717) is 17.2 Å². The van der Waals surface area contributed by atoms with Crippen LogP contribution in [0.5, 0.6) is 17.2 Å². The van der Waals surface area contributed by atoms with E-state index in [1.54, 1.807) is 32.4 Å². The van der Waals surface area contributed by atoms with Crippen molar-refractivity contribution in [3.63, 3.8) is 0 Å². The van der Waals surface area contributed by atoms with Crippen LogP contribution in [0.3, 0.4) is 0 Å². The number of benzene rings is 1. The number of nitrogens with two attached hydrogens (primary N) is 1. The van der Waals surface area contributed by atoms with Gasteiger partial charge in [-0.1, -0.05) is 0 Å². The van der Waals surface area contributed by atoms with E-state index in [9.17, 15) is 0 Å². The molecular formula is C8H12ClNO3. The van der Waals surface area contributed by atoms with Gasteiger partial charge in [0.05, 0.1) is 14.2 Å². The molecular weight excluding hydrogens is 194 g/mol. The van der Waals surface area contributed by atoms with Gasteiger partial charge < -0.3 is 14.3 Å². The Morgan fingerprint density at radius 1 is 1.08 bits per heavy atom. The first-order valence-corrected chi connectivity index (χ1v) is 3.40. The highest BCUT2D eigenvalue weighted by atomic mass is 35.5. The highest BCUT2D eigenvalue weighted by Gasteiger charge is 2.03. The molecule has 1 aromatic carbocycles. The van der Waals surface area contributed by atoms with Crippen LogP contribution in [0.2, 0.25) is 0 Å². The third-order valence-corrected chi connectivity index (χ3v) is 1.49. The van der Waals surface area contributed by atoms with Crippen molar-refractivity contribution < 1.29 is 14.3 Å². The lowest BCUT2D eigenvalue weighted by Crippen LogP contribution is -2.02. The molecule has 0 fully saturated rings. The minimum absolute atomic E-state index is 0. The SMILES string of the molecule is COc1ccc(ON)cc1OC.Cl. The first-order valence-electron chi connectivity index (χ1n) is 3.40. The zero-order chi connectivity index (χ0) is 8.97. The topological polar surface area (TPSA) is 53.7 Å². The molecule has 0 aromatic heterocycles. The third kappa shape index (κ3) is 2.68. The Labute approximate surface area is 82.9 Å². The Morgan fingerprint density at radius 2 is 1.69 bits per heavy atom. The van der Waals surface area contributed by atoms with Gasteiger partial charge in [0.15, 0.2) is 17.2 Å². The zero-order valence-electron chi connectivity index (χ0n) is 7.44. The van der Waals surface area contributed by atoms with Crippen LogP contribution in [0.4, 0.5) is 0 Å². The number of rotatable bonds is 3. The first kappa shape index (κ1) is 11.9. The van der Waals surface area contributed by atoms with Crippen LogP contribution in [0.15, 0.2) is 18.2 Å². The van der Waals surface area contributed by atoms with Crippen molar-refractivity contribution in [1.29, 1.82) is 0 Å². The normalized spacial score (nSPS) is 8.54. The van der Waals surface area contributed by atoms with Crippen molar-refractivity contribution in [2.75, 3.05) is 14.2 Å². The predicted octanol–water partition coefficient (Wildman–Crippen LogP) is 1.38. The van der Waals surface area contributed by atoms with Crippen LogP contribution in [0, 0.1) is 0 Å². The van der Waals surface area contributed by atoms with Gasteiger partial charge in [0.2, 0.25) is 0 Å². The number of hydrogen-bond donors (Lipinski definition) is 1. The van der Waals surface area contributed by atoms with Gasteiger partial charge >= 0.3 is 0 Å².